The van der Waals surface area contributed by atoms with E-state index in [-0.39, 0.29) is 11.4 Å². The largest absolute Gasteiger partial charge is 0.461 e. The van der Waals surface area contributed by atoms with Crippen LogP contribution in [0.1, 0.15) is 48.9 Å². The van der Waals surface area contributed by atoms with Crippen molar-refractivity contribution in [1.82, 2.24) is 9.78 Å². The molecule has 0 saturated carbocycles. The zero-order chi connectivity index (χ0) is 11.9. The monoisotopic (exact) mass is 222 g/mol. The molecule has 1 aromatic rings. The molecule has 0 bridgehead atoms. The Bertz CT molecular complexity index is 432. The van der Waals surface area contributed by atoms with E-state index in [1.165, 1.54) is 5.69 Å². The molecule has 0 N–H and O–H groups in total. The van der Waals surface area contributed by atoms with Gasteiger partial charge >= 0.3 is 5.97 Å². The number of aryl methyl sites for hydroxylation is 1. The molecule has 0 saturated heterocycles. The minimum absolute atomic E-state index is 0.113. The summed E-state index contributed by atoms with van der Waals surface area (Å²) >= 11 is 0. The second-order valence-electron chi connectivity index (χ2n) is 4.90. The zero-order valence-electron chi connectivity index (χ0n) is 10.3. The average molecular weight is 222 g/mol. The Morgan fingerprint density at radius 1 is 1.56 bits per heavy atom. The summed E-state index contributed by atoms with van der Waals surface area (Å²) in [5, 5.41) is 4.29. The van der Waals surface area contributed by atoms with Crippen molar-refractivity contribution in [3.8, 4) is 0 Å². The number of carbonyl (C=O) groups excluding carboxylic acids is 1. The third-order valence-electron chi connectivity index (χ3n) is 3.26. The maximum Gasteiger partial charge on any atom is 0.359 e. The number of nitrogens with zero attached hydrogens (tertiary/aromatic N) is 2. The van der Waals surface area contributed by atoms with Crippen LogP contribution in [0.25, 0.3) is 0 Å². The van der Waals surface area contributed by atoms with E-state index in [1.807, 2.05) is 18.7 Å². The van der Waals surface area contributed by atoms with Crippen LogP contribution in [0, 0.1) is 0 Å². The number of esters is 1. The Balaban J connectivity index is 2.45. The molecule has 0 aliphatic heterocycles. The summed E-state index contributed by atoms with van der Waals surface area (Å²) in [5.41, 5.74) is 2.87. The van der Waals surface area contributed by atoms with Crippen LogP contribution in [0.3, 0.4) is 0 Å². The van der Waals surface area contributed by atoms with Gasteiger partial charge in [-0.05, 0) is 19.8 Å². The normalized spacial score (nSPS) is 17.2. The maximum atomic E-state index is 11.7. The molecule has 88 valence electrons. The predicted octanol–water partition coefficient (Wildman–Crippen LogP) is 1.82. The van der Waals surface area contributed by atoms with Crippen LogP contribution in [0.15, 0.2) is 0 Å². The molecule has 16 heavy (non-hydrogen) atoms. The number of rotatable bonds is 2. The highest BCUT2D eigenvalue weighted by molar-refractivity contribution is 5.89. The number of hydrogen-bond acceptors (Lipinski definition) is 3. The minimum Gasteiger partial charge on any atom is -0.461 e. The van der Waals surface area contributed by atoms with E-state index in [4.69, 9.17) is 4.74 Å². The molecule has 0 unspecified atom stereocenters. The number of fused-ring (bicyclic) bond motifs is 1. The molecule has 0 aromatic carbocycles. The van der Waals surface area contributed by atoms with E-state index in [1.54, 1.807) is 0 Å². The van der Waals surface area contributed by atoms with Crippen LogP contribution in [0.2, 0.25) is 0 Å². The van der Waals surface area contributed by atoms with E-state index in [2.05, 4.69) is 18.9 Å². The smallest absolute Gasteiger partial charge is 0.359 e. The van der Waals surface area contributed by atoms with E-state index in [0.717, 1.165) is 18.4 Å². The molecule has 0 spiro atoms. The number of carbonyl (C=O) groups is 1. The lowest BCUT2D eigenvalue weighted by Gasteiger charge is -2.18. The van der Waals surface area contributed by atoms with Crippen LogP contribution in [0.5, 0.6) is 0 Å². The van der Waals surface area contributed by atoms with Gasteiger partial charge in [-0.3, -0.25) is 4.68 Å². The van der Waals surface area contributed by atoms with Gasteiger partial charge in [0.05, 0.1) is 6.61 Å². The van der Waals surface area contributed by atoms with Crippen molar-refractivity contribution < 1.29 is 9.53 Å². The van der Waals surface area contributed by atoms with Crippen molar-refractivity contribution in [2.24, 2.45) is 7.05 Å². The van der Waals surface area contributed by atoms with E-state index in [9.17, 15) is 4.79 Å². The third-order valence-corrected chi connectivity index (χ3v) is 3.26. The molecule has 0 fully saturated rings. The van der Waals surface area contributed by atoms with Gasteiger partial charge in [-0.25, -0.2) is 4.79 Å². The van der Waals surface area contributed by atoms with E-state index >= 15 is 0 Å². The van der Waals surface area contributed by atoms with Gasteiger partial charge in [0.2, 0.25) is 0 Å². The van der Waals surface area contributed by atoms with Gasteiger partial charge in [-0.15, -0.1) is 0 Å². The van der Waals surface area contributed by atoms with Crippen molar-refractivity contribution in [2.45, 2.75) is 39.0 Å². The lowest BCUT2D eigenvalue weighted by atomic mass is 9.91. The minimum atomic E-state index is -0.294. The van der Waals surface area contributed by atoms with Crippen molar-refractivity contribution in [3.05, 3.63) is 17.0 Å². The average Bonchev–Trinajstić information content (AvgIpc) is 2.68. The van der Waals surface area contributed by atoms with E-state index < -0.39 is 0 Å². The second-order valence-corrected chi connectivity index (χ2v) is 4.90. The predicted molar refractivity (Wildman–Crippen MR) is 60.5 cm³/mol. The summed E-state index contributed by atoms with van der Waals surface area (Å²) < 4.78 is 6.85. The fourth-order valence-electron chi connectivity index (χ4n) is 2.57. The Labute approximate surface area is 95.6 Å². The fraction of sp³-hybridized carbons (Fsp3) is 0.667. The molecule has 1 heterocycles. The summed E-state index contributed by atoms with van der Waals surface area (Å²) in [6, 6.07) is 0. The first-order valence-corrected chi connectivity index (χ1v) is 5.71. The molecule has 0 atom stereocenters. The molecular formula is C12H18N2O2. The van der Waals surface area contributed by atoms with Crippen LogP contribution >= 0.6 is 0 Å². The van der Waals surface area contributed by atoms with Gasteiger partial charge in [-0.2, -0.15) is 5.10 Å². The molecule has 4 nitrogen and oxygen atoms in total. The van der Waals surface area contributed by atoms with Crippen molar-refractivity contribution in [2.75, 3.05) is 6.61 Å². The Morgan fingerprint density at radius 3 is 2.88 bits per heavy atom. The molecule has 1 aliphatic carbocycles. The van der Waals surface area contributed by atoms with Crippen LogP contribution < -0.4 is 0 Å². The van der Waals surface area contributed by atoms with Crippen molar-refractivity contribution in [1.29, 1.82) is 0 Å². The lowest BCUT2D eigenvalue weighted by Crippen LogP contribution is -2.17. The first kappa shape index (κ1) is 11.2. The maximum absolute atomic E-state index is 11.7. The number of ether oxygens (including phenoxy) is 1. The first-order chi connectivity index (χ1) is 7.47. The lowest BCUT2D eigenvalue weighted by molar-refractivity contribution is 0.0517. The van der Waals surface area contributed by atoms with Gasteiger partial charge < -0.3 is 4.74 Å². The highest BCUT2D eigenvalue weighted by atomic mass is 16.5. The molecule has 4 heteroatoms. The number of hydrogen-bond donors (Lipinski definition) is 0. The molecule has 0 amide bonds. The molecular weight excluding hydrogens is 204 g/mol. The first-order valence-electron chi connectivity index (χ1n) is 5.71. The van der Waals surface area contributed by atoms with Crippen LogP contribution in [0.4, 0.5) is 0 Å². The summed E-state index contributed by atoms with van der Waals surface area (Å²) in [7, 11) is 1.90. The molecule has 1 aromatic heterocycles. The zero-order valence-corrected chi connectivity index (χ0v) is 10.3. The molecule has 0 radical (unpaired) electrons. The van der Waals surface area contributed by atoms with Crippen molar-refractivity contribution >= 4 is 5.97 Å². The van der Waals surface area contributed by atoms with Crippen LogP contribution in [-0.4, -0.2) is 22.4 Å². The summed E-state index contributed by atoms with van der Waals surface area (Å²) in [6.45, 7) is 6.59. The van der Waals surface area contributed by atoms with Gasteiger partial charge in [-0.1, -0.05) is 13.8 Å². The van der Waals surface area contributed by atoms with Crippen LogP contribution in [-0.2, 0) is 23.6 Å². The van der Waals surface area contributed by atoms with Crippen molar-refractivity contribution in [3.63, 3.8) is 0 Å². The Kier molecular flexibility index (Phi) is 2.52. The molecule has 1 aliphatic rings. The van der Waals surface area contributed by atoms with E-state index in [0.29, 0.717) is 12.3 Å². The highest BCUT2D eigenvalue weighted by Crippen LogP contribution is 2.39. The van der Waals surface area contributed by atoms with Gasteiger partial charge in [0.25, 0.3) is 0 Å². The summed E-state index contributed by atoms with van der Waals surface area (Å²) in [4.78, 5) is 11.7. The SMILES string of the molecule is CCOC(=O)c1nn(C)c2c1CCC2(C)C. The second kappa shape index (κ2) is 3.61. The van der Waals surface area contributed by atoms with Gasteiger partial charge in [0.1, 0.15) is 0 Å². The standard InChI is InChI=1S/C12H18N2O2/c1-5-16-11(15)9-8-6-7-12(2,3)10(8)14(4)13-9/h5-7H2,1-4H3. The highest BCUT2D eigenvalue weighted by Gasteiger charge is 2.37. The quantitative estimate of drug-likeness (QED) is 0.717. The fourth-order valence-corrected chi connectivity index (χ4v) is 2.57. The molecule has 2 rings (SSSR count). The summed E-state index contributed by atoms with van der Waals surface area (Å²) in [5.74, 6) is -0.294. The third kappa shape index (κ3) is 1.52. The Morgan fingerprint density at radius 2 is 2.25 bits per heavy atom. The Hall–Kier alpha value is -1.32. The summed E-state index contributed by atoms with van der Waals surface area (Å²) in [6.07, 6.45) is 1.99. The van der Waals surface area contributed by atoms with Gasteiger partial charge in [0.15, 0.2) is 5.69 Å². The number of aromatic nitrogens is 2. The topological polar surface area (TPSA) is 44.1 Å². The van der Waals surface area contributed by atoms with Gasteiger partial charge in [0, 0.05) is 23.7 Å².